The highest BCUT2D eigenvalue weighted by Crippen LogP contribution is 2.29. The van der Waals surface area contributed by atoms with Gasteiger partial charge in [-0.3, -0.25) is 0 Å². The molecule has 0 heterocycles. The second kappa shape index (κ2) is 6.95. The summed E-state index contributed by atoms with van der Waals surface area (Å²) < 4.78 is 8.07. The fourth-order valence-corrected chi connectivity index (χ4v) is 2.36. The number of hydrogen-bond acceptors (Lipinski definition) is 2. The van der Waals surface area contributed by atoms with Crippen molar-refractivity contribution in [3.05, 3.63) is 57.0 Å². The van der Waals surface area contributed by atoms with Crippen LogP contribution in [-0.4, -0.2) is 5.54 Å². The van der Waals surface area contributed by atoms with E-state index in [2.05, 4.69) is 64.0 Å². The van der Waals surface area contributed by atoms with Crippen LogP contribution in [0.2, 0.25) is 0 Å². The predicted molar refractivity (Wildman–Crippen MR) is 95.0 cm³/mol. The highest BCUT2D eigenvalue weighted by molar-refractivity contribution is 9.10. The van der Waals surface area contributed by atoms with Crippen LogP contribution in [-0.2, 0) is 6.54 Å². The quantitative estimate of drug-likeness (QED) is 0.675. The Morgan fingerprint density at radius 2 is 1.57 bits per heavy atom. The van der Waals surface area contributed by atoms with Gasteiger partial charge in [-0.1, -0.05) is 37.9 Å². The number of ether oxygens (including phenoxy) is 1. The first-order valence-electron chi connectivity index (χ1n) is 6.80. The van der Waals surface area contributed by atoms with Crippen molar-refractivity contribution >= 4 is 31.9 Å². The molecule has 0 unspecified atom stereocenters. The lowest BCUT2D eigenvalue weighted by atomic mass is 10.1. The third kappa shape index (κ3) is 5.46. The van der Waals surface area contributed by atoms with E-state index in [4.69, 9.17) is 4.74 Å². The highest BCUT2D eigenvalue weighted by atomic mass is 79.9. The summed E-state index contributed by atoms with van der Waals surface area (Å²) in [6, 6.07) is 14.0. The summed E-state index contributed by atoms with van der Waals surface area (Å²) >= 11 is 6.93. The van der Waals surface area contributed by atoms with Gasteiger partial charge >= 0.3 is 0 Å². The van der Waals surface area contributed by atoms with Gasteiger partial charge in [0, 0.05) is 26.6 Å². The van der Waals surface area contributed by atoms with Crippen molar-refractivity contribution in [2.45, 2.75) is 32.9 Å². The average Bonchev–Trinajstić information content (AvgIpc) is 2.39. The van der Waals surface area contributed by atoms with Crippen LogP contribution in [0, 0.1) is 0 Å². The summed E-state index contributed by atoms with van der Waals surface area (Å²) in [5.74, 6) is 1.69. The van der Waals surface area contributed by atoms with E-state index in [0.29, 0.717) is 0 Å². The molecule has 0 aliphatic heterocycles. The van der Waals surface area contributed by atoms with Gasteiger partial charge in [0.15, 0.2) is 0 Å². The molecule has 0 radical (unpaired) electrons. The van der Waals surface area contributed by atoms with Gasteiger partial charge in [0.25, 0.3) is 0 Å². The maximum Gasteiger partial charge on any atom is 0.133 e. The lowest BCUT2D eigenvalue weighted by Gasteiger charge is -2.21. The van der Waals surface area contributed by atoms with Gasteiger partial charge in [-0.2, -0.15) is 0 Å². The van der Waals surface area contributed by atoms with Crippen molar-refractivity contribution in [3.8, 4) is 11.5 Å². The molecule has 0 saturated carbocycles. The lowest BCUT2D eigenvalue weighted by Crippen LogP contribution is -2.35. The molecule has 0 spiro atoms. The molecule has 0 fully saturated rings. The minimum Gasteiger partial charge on any atom is -0.457 e. The monoisotopic (exact) mass is 411 g/mol. The van der Waals surface area contributed by atoms with Crippen LogP contribution in [0.5, 0.6) is 11.5 Å². The largest absolute Gasteiger partial charge is 0.457 e. The van der Waals surface area contributed by atoms with Crippen LogP contribution >= 0.6 is 31.9 Å². The maximum absolute atomic E-state index is 6.02. The fourth-order valence-electron chi connectivity index (χ4n) is 1.76. The van der Waals surface area contributed by atoms with Crippen molar-refractivity contribution < 1.29 is 4.74 Å². The molecule has 2 aromatic rings. The zero-order valence-corrected chi connectivity index (χ0v) is 15.6. The first-order chi connectivity index (χ1) is 9.83. The molecular weight excluding hydrogens is 394 g/mol. The molecule has 2 nitrogen and oxygen atoms in total. The van der Waals surface area contributed by atoms with Crippen molar-refractivity contribution in [2.75, 3.05) is 0 Å². The minimum atomic E-state index is 0.0714. The van der Waals surface area contributed by atoms with Crippen LogP contribution in [0.4, 0.5) is 0 Å². The summed E-state index contributed by atoms with van der Waals surface area (Å²) in [5, 5.41) is 3.49. The third-order valence-electron chi connectivity index (χ3n) is 2.88. The molecule has 112 valence electrons. The van der Waals surface area contributed by atoms with Crippen LogP contribution in [0.25, 0.3) is 0 Å². The average molecular weight is 413 g/mol. The smallest absolute Gasteiger partial charge is 0.133 e. The number of halogens is 2. The van der Waals surface area contributed by atoms with Gasteiger partial charge in [-0.05, 0) is 57.2 Å². The molecule has 4 heteroatoms. The summed E-state index contributed by atoms with van der Waals surface area (Å²) in [6.07, 6.45) is 0. The summed E-state index contributed by atoms with van der Waals surface area (Å²) in [6.45, 7) is 7.23. The SMILES string of the molecule is CC(C)(C)NCc1ccc(Br)cc1Oc1ccc(Br)cc1. The molecule has 0 aliphatic rings. The first-order valence-corrected chi connectivity index (χ1v) is 8.39. The van der Waals surface area contributed by atoms with Crippen molar-refractivity contribution in [1.29, 1.82) is 0 Å². The highest BCUT2D eigenvalue weighted by Gasteiger charge is 2.12. The molecule has 0 aromatic heterocycles. The van der Waals surface area contributed by atoms with Gasteiger partial charge in [-0.15, -0.1) is 0 Å². The Bertz CT molecular complexity index is 603. The van der Waals surface area contributed by atoms with Gasteiger partial charge in [-0.25, -0.2) is 0 Å². The number of benzene rings is 2. The van der Waals surface area contributed by atoms with Crippen molar-refractivity contribution in [1.82, 2.24) is 5.32 Å². The standard InChI is InChI=1S/C17H19Br2NO/c1-17(2,3)20-11-12-4-5-14(19)10-16(12)21-15-8-6-13(18)7-9-15/h4-10,20H,11H2,1-3H3. The van der Waals surface area contributed by atoms with E-state index in [0.717, 1.165) is 32.6 Å². The van der Waals surface area contributed by atoms with Crippen LogP contribution in [0.15, 0.2) is 51.4 Å². The lowest BCUT2D eigenvalue weighted by molar-refractivity contribution is 0.414. The Morgan fingerprint density at radius 1 is 0.952 bits per heavy atom. The van der Waals surface area contributed by atoms with E-state index < -0.39 is 0 Å². The zero-order chi connectivity index (χ0) is 15.5. The molecule has 2 aromatic carbocycles. The molecule has 0 saturated heterocycles. The fraction of sp³-hybridized carbons (Fsp3) is 0.294. The molecular formula is C17H19Br2NO. The summed E-state index contributed by atoms with van der Waals surface area (Å²) in [5.41, 5.74) is 1.21. The Morgan fingerprint density at radius 3 is 2.19 bits per heavy atom. The Balaban J connectivity index is 2.20. The van der Waals surface area contributed by atoms with E-state index in [-0.39, 0.29) is 5.54 Å². The molecule has 21 heavy (non-hydrogen) atoms. The van der Waals surface area contributed by atoms with E-state index in [9.17, 15) is 0 Å². The first kappa shape index (κ1) is 16.5. The number of rotatable bonds is 4. The van der Waals surface area contributed by atoms with Crippen molar-refractivity contribution in [2.24, 2.45) is 0 Å². The van der Waals surface area contributed by atoms with Gasteiger partial charge in [0.2, 0.25) is 0 Å². The molecule has 1 N–H and O–H groups in total. The van der Waals surface area contributed by atoms with Crippen LogP contribution in [0.1, 0.15) is 26.3 Å². The molecule has 0 aliphatic carbocycles. The van der Waals surface area contributed by atoms with Gasteiger partial charge < -0.3 is 10.1 Å². The summed E-state index contributed by atoms with van der Waals surface area (Å²) in [7, 11) is 0. The number of nitrogens with one attached hydrogen (secondary N) is 1. The van der Waals surface area contributed by atoms with E-state index in [1.807, 2.05) is 36.4 Å². The zero-order valence-electron chi connectivity index (χ0n) is 12.4. The van der Waals surface area contributed by atoms with Crippen LogP contribution in [0.3, 0.4) is 0 Å². The number of hydrogen-bond donors (Lipinski definition) is 1. The Kier molecular flexibility index (Phi) is 5.47. The third-order valence-corrected chi connectivity index (χ3v) is 3.90. The maximum atomic E-state index is 6.02. The molecule has 0 atom stereocenters. The Labute approximate surface area is 143 Å². The summed E-state index contributed by atoms with van der Waals surface area (Å²) in [4.78, 5) is 0. The molecule has 0 amide bonds. The van der Waals surface area contributed by atoms with Crippen LogP contribution < -0.4 is 10.1 Å². The second-order valence-electron chi connectivity index (χ2n) is 5.91. The normalized spacial score (nSPS) is 11.5. The predicted octanol–water partition coefficient (Wildman–Crippen LogP) is 5.89. The Hall–Kier alpha value is -0.840. The van der Waals surface area contributed by atoms with Gasteiger partial charge in [0.1, 0.15) is 11.5 Å². The molecule has 0 bridgehead atoms. The van der Waals surface area contributed by atoms with E-state index in [1.54, 1.807) is 0 Å². The second-order valence-corrected chi connectivity index (χ2v) is 7.74. The van der Waals surface area contributed by atoms with E-state index >= 15 is 0 Å². The van der Waals surface area contributed by atoms with Crippen molar-refractivity contribution in [3.63, 3.8) is 0 Å². The van der Waals surface area contributed by atoms with Gasteiger partial charge in [0.05, 0.1) is 0 Å². The van der Waals surface area contributed by atoms with E-state index in [1.165, 1.54) is 0 Å². The minimum absolute atomic E-state index is 0.0714. The molecule has 2 rings (SSSR count). The topological polar surface area (TPSA) is 21.3 Å².